The largest absolute Gasteiger partial charge is 0.441 e. The molecule has 0 unspecified atom stereocenters. The zero-order valence-electron chi connectivity index (χ0n) is 14.5. The van der Waals surface area contributed by atoms with Crippen LogP contribution in [-0.2, 0) is 0 Å². The molecule has 3 rings (SSSR count). The van der Waals surface area contributed by atoms with Gasteiger partial charge in [0, 0.05) is 37.8 Å². The van der Waals surface area contributed by atoms with Crippen molar-refractivity contribution in [2.24, 2.45) is 0 Å². The summed E-state index contributed by atoms with van der Waals surface area (Å²) in [6.45, 7) is 5.40. The summed E-state index contributed by atoms with van der Waals surface area (Å²) in [7, 11) is 4.20. The van der Waals surface area contributed by atoms with E-state index in [1.807, 2.05) is 30.3 Å². The highest BCUT2D eigenvalue weighted by molar-refractivity contribution is 5.93. The second kappa shape index (κ2) is 7.15. The van der Waals surface area contributed by atoms with Gasteiger partial charge in [-0.05, 0) is 33.2 Å². The number of likely N-dealkylation sites (N-methyl/N-ethyl adjacent to an activating group) is 2. The van der Waals surface area contributed by atoms with Crippen LogP contribution in [0.3, 0.4) is 0 Å². The van der Waals surface area contributed by atoms with Gasteiger partial charge >= 0.3 is 0 Å². The molecule has 6 heteroatoms. The van der Waals surface area contributed by atoms with E-state index in [1.54, 1.807) is 6.92 Å². The van der Waals surface area contributed by atoms with Gasteiger partial charge in [0.25, 0.3) is 5.91 Å². The summed E-state index contributed by atoms with van der Waals surface area (Å²) < 4.78 is 5.66. The topological polar surface area (TPSA) is 61.6 Å². The van der Waals surface area contributed by atoms with Gasteiger partial charge < -0.3 is 14.6 Å². The fourth-order valence-corrected chi connectivity index (χ4v) is 2.93. The third-order valence-electron chi connectivity index (χ3n) is 4.51. The summed E-state index contributed by atoms with van der Waals surface area (Å²) >= 11 is 0. The molecule has 1 aromatic carbocycles. The number of rotatable bonds is 4. The minimum absolute atomic E-state index is 0.181. The second-order valence-electron chi connectivity index (χ2n) is 6.40. The third kappa shape index (κ3) is 3.66. The zero-order chi connectivity index (χ0) is 17.1. The van der Waals surface area contributed by atoms with Gasteiger partial charge in [-0.1, -0.05) is 18.2 Å². The lowest BCUT2D eigenvalue weighted by Gasteiger charge is -2.37. The molecule has 24 heavy (non-hydrogen) atoms. The van der Waals surface area contributed by atoms with Crippen LogP contribution < -0.4 is 5.32 Å². The average Bonchev–Trinajstić information content (AvgIpc) is 2.98. The van der Waals surface area contributed by atoms with Crippen molar-refractivity contribution in [3.05, 3.63) is 41.8 Å². The van der Waals surface area contributed by atoms with Gasteiger partial charge in [0.05, 0.1) is 0 Å². The number of hydrogen-bond donors (Lipinski definition) is 1. The first-order valence-corrected chi connectivity index (χ1v) is 8.24. The predicted octanol–water partition coefficient (Wildman–Crippen LogP) is 1.63. The molecule has 1 aromatic heterocycles. The molecule has 1 fully saturated rings. The number of aromatic nitrogens is 1. The number of benzene rings is 1. The molecule has 0 saturated carbocycles. The van der Waals surface area contributed by atoms with Gasteiger partial charge in [-0.2, -0.15) is 0 Å². The number of oxazole rings is 1. The van der Waals surface area contributed by atoms with Crippen molar-refractivity contribution in [2.75, 3.05) is 40.3 Å². The average molecular weight is 328 g/mol. The highest BCUT2D eigenvalue weighted by Gasteiger charge is 2.24. The molecule has 2 aromatic rings. The van der Waals surface area contributed by atoms with Crippen LogP contribution in [-0.4, -0.2) is 67.0 Å². The Kier molecular flexibility index (Phi) is 4.97. The lowest BCUT2D eigenvalue weighted by Crippen LogP contribution is -2.54. The fraction of sp³-hybridized carbons (Fsp3) is 0.444. The van der Waals surface area contributed by atoms with E-state index in [9.17, 15) is 4.79 Å². The number of carbonyl (C=O) groups is 1. The SMILES string of the molecule is Cc1oc(-c2ccccc2)nc1C(=O)NC[C@@H]1CN(C)CCN1C. The summed E-state index contributed by atoms with van der Waals surface area (Å²) in [5.74, 6) is 0.841. The van der Waals surface area contributed by atoms with Crippen molar-refractivity contribution in [1.29, 1.82) is 0 Å². The Labute approximate surface area is 142 Å². The van der Waals surface area contributed by atoms with E-state index in [-0.39, 0.29) is 5.91 Å². The number of nitrogens with one attached hydrogen (secondary N) is 1. The van der Waals surface area contributed by atoms with Crippen LogP contribution in [0.1, 0.15) is 16.2 Å². The molecule has 1 N–H and O–H groups in total. The maximum atomic E-state index is 12.5. The Bertz CT molecular complexity index is 698. The van der Waals surface area contributed by atoms with E-state index < -0.39 is 0 Å². The smallest absolute Gasteiger partial charge is 0.273 e. The zero-order valence-corrected chi connectivity index (χ0v) is 14.5. The summed E-state index contributed by atoms with van der Waals surface area (Å²) in [5.41, 5.74) is 1.23. The first-order valence-electron chi connectivity index (χ1n) is 8.24. The minimum Gasteiger partial charge on any atom is -0.441 e. The van der Waals surface area contributed by atoms with Crippen LogP contribution in [0.15, 0.2) is 34.7 Å². The molecule has 1 aliphatic heterocycles. The second-order valence-corrected chi connectivity index (χ2v) is 6.40. The molecule has 1 aliphatic rings. The molecular weight excluding hydrogens is 304 g/mol. The minimum atomic E-state index is -0.181. The number of hydrogen-bond acceptors (Lipinski definition) is 5. The third-order valence-corrected chi connectivity index (χ3v) is 4.51. The van der Waals surface area contributed by atoms with Crippen LogP contribution in [0.5, 0.6) is 0 Å². The van der Waals surface area contributed by atoms with E-state index in [2.05, 4.69) is 34.2 Å². The van der Waals surface area contributed by atoms with Crippen molar-refractivity contribution in [1.82, 2.24) is 20.1 Å². The van der Waals surface area contributed by atoms with Crippen molar-refractivity contribution < 1.29 is 9.21 Å². The van der Waals surface area contributed by atoms with E-state index in [0.717, 1.165) is 25.2 Å². The van der Waals surface area contributed by atoms with Crippen molar-refractivity contribution >= 4 is 5.91 Å². The van der Waals surface area contributed by atoms with Crippen LogP contribution >= 0.6 is 0 Å². The maximum Gasteiger partial charge on any atom is 0.273 e. The van der Waals surface area contributed by atoms with Gasteiger partial charge in [-0.3, -0.25) is 9.69 Å². The number of carbonyl (C=O) groups excluding carboxylic acids is 1. The predicted molar refractivity (Wildman–Crippen MR) is 92.9 cm³/mol. The molecule has 0 spiro atoms. The van der Waals surface area contributed by atoms with Crippen LogP contribution in [0.25, 0.3) is 11.5 Å². The molecule has 128 valence electrons. The summed E-state index contributed by atoms with van der Waals surface area (Å²) in [5, 5.41) is 3.00. The Morgan fingerprint density at radius 1 is 1.29 bits per heavy atom. The van der Waals surface area contributed by atoms with Crippen molar-refractivity contribution in [2.45, 2.75) is 13.0 Å². The number of nitrogens with zero attached hydrogens (tertiary/aromatic N) is 3. The molecule has 6 nitrogen and oxygen atoms in total. The molecule has 0 radical (unpaired) electrons. The maximum absolute atomic E-state index is 12.5. The first kappa shape index (κ1) is 16.7. The first-order chi connectivity index (χ1) is 11.5. The van der Waals surface area contributed by atoms with Crippen LogP contribution in [0.4, 0.5) is 0 Å². The summed E-state index contributed by atoms with van der Waals surface area (Å²) in [4.78, 5) is 21.4. The van der Waals surface area contributed by atoms with Gasteiger partial charge in [0.2, 0.25) is 5.89 Å². The standard InChI is InChI=1S/C18H24N4O2/c1-13-16(20-18(24-13)14-7-5-4-6-8-14)17(23)19-11-15-12-21(2)9-10-22(15)3/h4-8,15H,9-12H2,1-3H3,(H,19,23)/t15-/m1/s1. The fourth-order valence-electron chi connectivity index (χ4n) is 2.93. The Morgan fingerprint density at radius 2 is 2.04 bits per heavy atom. The van der Waals surface area contributed by atoms with Crippen LogP contribution in [0.2, 0.25) is 0 Å². The molecule has 2 heterocycles. The Morgan fingerprint density at radius 3 is 2.79 bits per heavy atom. The Hall–Kier alpha value is -2.18. The monoisotopic (exact) mass is 328 g/mol. The van der Waals surface area contributed by atoms with Gasteiger partial charge in [0.1, 0.15) is 5.76 Å². The van der Waals surface area contributed by atoms with E-state index in [4.69, 9.17) is 4.42 Å². The summed E-state index contributed by atoms with van der Waals surface area (Å²) in [6, 6.07) is 9.92. The molecular formula is C18H24N4O2. The normalized spacial score (nSPS) is 19.4. The van der Waals surface area contributed by atoms with Crippen molar-refractivity contribution in [3.8, 4) is 11.5 Å². The highest BCUT2D eigenvalue weighted by atomic mass is 16.4. The van der Waals surface area contributed by atoms with E-state index >= 15 is 0 Å². The number of aryl methyl sites for hydroxylation is 1. The lowest BCUT2D eigenvalue weighted by molar-refractivity contribution is 0.0876. The molecule has 1 saturated heterocycles. The molecule has 0 aliphatic carbocycles. The molecule has 1 amide bonds. The van der Waals surface area contributed by atoms with Gasteiger partial charge in [-0.25, -0.2) is 4.98 Å². The number of amides is 1. The number of piperazine rings is 1. The van der Waals surface area contributed by atoms with Crippen LogP contribution in [0, 0.1) is 6.92 Å². The lowest BCUT2D eigenvalue weighted by atomic mass is 10.2. The molecule has 1 atom stereocenters. The Balaban J connectivity index is 1.66. The van der Waals surface area contributed by atoms with E-state index in [1.165, 1.54) is 0 Å². The highest BCUT2D eigenvalue weighted by Crippen LogP contribution is 2.21. The quantitative estimate of drug-likeness (QED) is 0.924. The van der Waals surface area contributed by atoms with Crippen molar-refractivity contribution in [3.63, 3.8) is 0 Å². The van der Waals surface area contributed by atoms with E-state index in [0.29, 0.717) is 29.9 Å². The summed E-state index contributed by atoms with van der Waals surface area (Å²) in [6.07, 6.45) is 0. The van der Waals surface area contributed by atoms with Gasteiger partial charge in [-0.15, -0.1) is 0 Å². The molecule has 0 bridgehead atoms. The van der Waals surface area contributed by atoms with Gasteiger partial charge in [0.15, 0.2) is 5.69 Å².